The number of ether oxygens (including phenoxy) is 1. The highest BCUT2D eigenvalue weighted by molar-refractivity contribution is 6.30. The summed E-state index contributed by atoms with van der Waals surface area (Å²) in [4.78, 5) is 2.52. The Kier molecular flexibility index (Phi) is 5.49. The lowest BCUT2D eigenvalue weighted by Gasteiger charge is -2.36. The van der Waals surface area contributed by atoms with Crippen molar-refractivity contribution in [2.45, 2.75) is 38.3 Å². The zero-order chi connectivity index (χ0) is 13.7. The zero-order valence-electron chi connectivity index (χ0n) is 11.6. The summed E-state index contributed by atoms with van der Waals surface area (Å²) in [5, 5.41) is 0.767. The highest BCUT2D eigenvalue weighted by Gasteiger charge is 2.22. The lowest BCUT2D eigenvalue weighted by Crippen LogP contribution is -2.40. The third-order valence-electron chi connectivity index (χ3n) is 3.86. The van der Waals surface area contributed by atoms with E-state index in [1.165, 1.54) is 24.8 Å². The molecule has 0 saturated carbocycles. The molecule has 0 bridgehead atoms. The molecule has 106 valence electrons. The van der Waals surface area contributed by atoms with Crippen LogP contribution in [0.2, 0.25) is 5.02 Å². The Hall–Kier alpha value is -0.770. The quantitative estimate of drug-likeness (QED) is 0.902. The summed E-state index contributed by atoms with van der Waals surface area (Å²) in [6.07, 6.45) is 4.90. The van der Waals surface area contributed by atoms with E-state index in [4.69, 9.17) is 22.1 Å². The first kappa shape index (κ1) is 14.6. The smallest absolute Gasteiger partial charge is 0.123 e. The maximum Gasteiger partial charge on any atom is 0.123 e. The molecular weight excluding hydrogens is 260 g/mol. The Labute approximate surface area is 120 Å². The van der Waals surface area contributed by atoms with E-state index >= 15 is 0 Å². The maximum absolute atomic E-state index is 6.09. The van der Waals surface area contributed by atoms with Crippen LogP contribution in [0.5, 0.6) is 5.75 Å². The van der Waals surface area contributed by atoms with Gasteiger partial charge in [0.15, 0.2) is 0 Å². The van der Waals surface area contributed by atoms with Crippen molar-refractivity contribution in [3.8, 4) is 5.75 Å². The van der Waals surface area contributed by atoms with E-state index in [1.54, 1.807) is 7.11 Å². The van der Waals surface area contributed by atoms with Crippen molar-refractivity contribution < 1.29 is 4.74 Å². The van der Waals surface area contributed by atoms with Crippen LogP contribution in [0.3, 0.4) is 0 Å². The van der Waals surface area contributed by atoms with Gasteiger partial charge in [0.2, 0.25) is 0 Å². The molecular formula is C15H23ClN2O. The van der Waals surface area contributed by atoms with E-state index < -0.39 is 0 Å². The minimum atomic E-state index is 0.599. The predicted octanol–water partition coefficient (Wildman–Crippen LogP) is 3.05. The van der Waals surface area contributed by atoms with Crippen LogP contribution in [-0.4, -0.2) is 31.1 Å². The second-order valence-electron chi connectivity index (χ2n) is 5.15. The van der Waals surface area contributed by atoms with Crippen molar-refractivity contribution in [3.05, 3.63) is 28.8 Å². The molecule has 1 heterocycles. The second-order valence-corrected chi connectivity index (χ2v) is 5.59. The van der Waals surface area contributed by atoms with Crippen LogP contribution in [-0.2, 0) is 6.54 Å². The number of methoxy groups -OCH3 is 1. The first-order valence-electron chi connectivity index (χ1n) is 7.01. The molecule has 2 N–H and O–H groups in total. The number of nitrogens with two attached hydrogens (primary N) is 1. The van der Waals surface area contributed by atoms with Crippen molar-refractivity contribution in [2.75, 3.05) is 20.2 Å². The normalized spacial score (nSPS) is 20.5. The van der Waals surface area contributed by atoms with Crippen LogP contribution in [0, 0.1) is 0 Å². The van der Waals surface area contributed by atoms with Crippen LogP contribution in [0.25, 0.3) is 0 Å². The number of hydrogen-bond acceptors (Lipinski definition) is 3. The Morgan fingerprint density at radius 2 is 2.26 bits per heavy atom. The third-order valence-corrected chi connectivity index (χ3v) is 4.10. The van der Waals surface area contributed by atoms with Crippen LogP contribution >= 0.6 is 11.6 Å². The minimum absolute atomic E-state index is 0.599. The van der Waals surface area contributed by atoms with Gasteiger partial charge in [0, 0.05) is 23.2 Å². The molecule has 0 radical (unpaired) electrons. The molecule has 19 heavy (non-hydrogen) atoms. The molecule has 2 rings (SSSR count). The van der Waals surface area contributed by atoms with Gasteiger partial charge in [-0.05, 0) is 50.6 Å². The fraction of sp³-hybridized carbons (Fsp3) is 0.600. The van der Waals surface area contributed by atoms with Gasteiger partial charge in [-0.25, -0.2) is 0 Å². The topological polar surface area (TPSA) is 38.5 Å². The SMILES string of the molecule is COc1ccc(Cl)cc1CN1CCCCC1CCN. The molecule has 1 aromatic carbocycles. The maximum atomic E-state index is 6.09. The van der Waals surface area contributed by atoms with Crippen molar-refractivity contribution >= 4 is 11.6 Å². The van der Waals surface area contributed by atoms with Gasteiger partial charge in [-0.3, -0.25) is 4.90 Å². The van der Waals surface area contributed by atoms with Gasteiger partial charge in [-0.15, -0.1) is 0 Å². The summed E-state index contributed by atoms with van der Waals surface area (Å²) in [7, 11) is 1.71. The largest absolute Gasteiger partial charge is 0.496 e. The van der Waals surface area contributed by atoms with Gasteiger partial charge in [0.1, 0.15) is 5.75 Å². The fourth-order valence-electron chi connectivity index (χ4n) is 2.88. The first-order chi connectivity index (χ1) is 9.24. The molecule has 1 unspecified atom stereocenters. The summed E-state index contributed by atoms with van der Waals surface area (Å²) in [6, 6.07) is 6.42. The summed E-state index contributed by atoms with van der Waals surface area (Å²) in [5.41, 5.74) is 6.89. The van der Waals surface area contributed by atoms with Gasteiger partial charge in [0.25, 0.3) is 0 Å². The molecule has 0 aliphatic carbocycles. The van der Waals surface area contributed by atoms with Crippen molar-refractivity contribution in [1.29, 1.82) is 0 Å². The molecule has 1 saturated heterocycles. The van der Waals surface area contributed by atoms with Crippen molar-refractivity contribution in [1.82, 2.24) is 4.90 Å². The molecule has 1 aliphatic heterocycles. The lowest BCUT2D eigenvalue weighted by molar-refractivity contribution is 0.133. The van der Waals surface area contributed by atoms with E-state index in [1.807, 2.05) is 18.2 Å². The lowest BCUT2D eigenvalue weighted by atomic mass is 9.98. The molecule has 1 atom stereocenters. The van der Waals surface area contributed by atoms with E-state index in [2.05, 4.69) is 4.90 Å². The Morgan fingerprint density at radius 3 is 3.00 bits per heavy atom. The number of rotatable bonds is 5. The number of halogens is 1. The van der Waals surface area contributed by atoms with E-state index in [9.17, 15) is 0 Å². The van der Waals surface area contributed by atoms with Gasteiger partial charge in [-0.1, -0.05) is 18.0 Å². The van der Waals surface area contributed by atoms with Crippen LogP contribution in [0.15, 0.2) is 18.2 Å². The van der Waals surface area contributed by atoms with E-state index in [-0.39, 0.29) is 0 Å². The van der Waals surface area contributed by atoms with Gasteiger partial charge < -0.3 is 10.5 Å². The Balaban J connectivity index is 2.11. The first-order valence-corrected chi connectivity index (χ1v) is 7.39. The second kappa shape index (κ2) is 7.13. The molecule has 1 aliphatic rings. The van der Waals surface area contributed by atoms with Crippen molar-refractivity contribution in [3.63, 3.8) is 0 Å². The average molecular weight is 283 g/mol. The van der Waals surface area contributed by atoms with Crippen LogP contribution < -0.4 is 10.5 Å². The predicted molar refractivity (Wildman–Crippen MR) is 79.7 cm³/mol. The molecule has 1 aromatic rings. The highest BCUT2D eigenvalue weighted by Crippen LogP contribution is 2.27. The van der Waals surface area contributed by atoms with E-state index in [0.717, 1.165) is 36.8 Å². The summed E-state index contributed by atoms with van der Waals surface area (Å²) < 4.78 is 5.43. The van der Waals surface area contributed by atoms with Crippen LogP contribution in [0.4, 0.5) is 0 Å². The van der Waals surface area contributed by atoms with Gasteiger partial charge in [-0.2, -0.15) is 0 Å². The number of piperidine rings is 1. The monoisotopic (exact) mass is 282 g/mol. The molecule has 3 nitrogen and oxygen atoms in total. The third kappa shape index (κ3) is 3.85. The fourth-order valence-corrected chi connectivity index (χ4v) is 3.07. The van der Waals surface area contributed by atoms with Gasteiger partial charge in [0.05, 0.1) is 7.11 Å². The molecule has 0 aromatic heterocycles. The summed E-state index contributed by atoms with van der Waals surface area (Å²) in [6.45, 7) is 2.79. The number of nitrogens with zero attached hydrogens (tertiary/aromatic N) is 1. The molecule has 0 amide bonds. The number of likely N-dealkylation sites (tertiary alicyclic amines) is 1. The Morgan fingerprint density at radius 1 is 1.42 bits per heavy atom. The molecule has 4 heteroatoms. The highest BCUT2D eigenvalue weighted by atomic mass is 35.5. The molecule has 0 spiro atoms. The van der Waals surface area contributed by atoms with E-state index in [0.29, 0.717) is 6.04 Å². The minimum Gasteiger partial charge on any atom is -0.496 e. The molecule has 1 fully saturated rings. The summed E-state index contributed by atoms with van der Waals surface area (Å²) in [5.74, 6) is 0.918. The average Bonchev–Trinajstić information content (AvgIpc) is 2.42. The standard InChI is InChI=1S/C15H23ClN2O/c1-19-15-6-5-13(16)10-12(15)11-18-9-3-2-4-14(18)7-8-17/h5-6,10,14H,2-4,7-9,11,17H2,1H3. The zero-order valence-corrected chi connectivity index (χ0v) is 12.3. The summed E-state index contributed by atoms with van der Waals surface area (Å²) >= 11 is 6.09. The number of benzene rings is 1. The van der Waals surface area contributed by atoms with Crippen LogP contribution in [0.1, 0.15) is 31.2 Å². The number of hydrogen-bond donors (Lipinski definition) is 1. The van der Waals surface area contributed by atoms with Gasteiger partial charge >= 0.3 is 0 Å². The van der Waals surface area contributed by atoms with Crippen molar-refractivity contribution in [2.24, 2.45) is 5.73 Å². The Bertz CT molecular complexity index is 409.